The van der Waals surface area contributed by atoms with Crippen molar-refractivity contribution in [1.29, 1.82) is 0 Å². The summed E-state index contributed by atoms with van der Waals surface area (Å²) in [6.07, 6.45) is 4.86. The van der Waals surface area contributed by atoms with Gasteiger partial charge >= 0.3 is 0 Å². The average Bonchev–Trinajstić information content (AvgIpc) is 3.55. The number of nitrogens with zero attached hydrogens (tertiary/aromatic N) is 7. The standard InChI is InChI=1S/C24H26F2N8O/c1-13-29-23-20(33(13)12-22(25)26)7-15(8-27-23)19-3-4-34-21(19)9-28-24(31-34)30-18-5-16-10-32(14(2)35)11-17(16)6-18/h3-4,7-9,16-18,22H,5-6,10-12H2,1-2H3,(H,30,31)/t16-,17+,18?. The molecular formula is C24H26F2N8O. The van der Waals surface area contributed by atoms with Gasteiger partial charge < -0.3 is 14.8 Å². The summed E-state index contributed by atoms with van der Waals surface area (Å²) in [7, 11) is 0. The number of amides is 1. The van der Waals surface area contributed by atoms with Crippen LogP contribution in [0.1, 0.15) is 25.6 Å². The highest BCUT2D eigenvalue weighted by Crippen LogP contribution is 2.39. The summed E-state index contributed by atoms with van der Waals surface area (Å²) >= 11 is 0. The third-order valence-electron chi connectivity index (χ3n) is 7.37. The Balaban J connectivity index is 1.23. The zero-order valence-corrected chi connectivity index (χ0v) is 19.5. The Hall–Kier alpha value is -3.63. The average molecular weight is 481 g/mol. The molecule has 0 bridgehead atoms. The molecule has 1 saturated heterocycles. The van der Waals surface area contributed by atoms with Crippen LogP contribution in [0, 0.1) is 18.8 Å². The molecular weight excluding hydrogens is 454 g/mol. The van der Waals surface area contributed by atoms with Crippen LogP contribution in [0.4, 0.5) is 14.7 Å². The Kier molecular flexibility index (Phi) is 5.15. The van der Waals surface area contributed by atoms with E-state index in [9.17, 15) is 13.6 Å². The molecule has 0 radical (unpaired) electrons. The summed E-state index contributed by atoms with van der Waals surface area (Å²) < 4.78 is 29.4. The Morgan fingerprint density at radius 1 is 1.17 bits per heavy atom. The first-order valence-electron chi connectivity index (χ1n) is 11.8. The van der Waals surface area contributed by atoms with Crippen molar-refractivity contribution in [3.63, 3.8) is 0 Å². The van der Waals surface area contributed by atoms with Crippen LogP contribution in [0.25, 0.3) is 27.8 Å². The van der Waals surface area contributed by atoms with Gasteiger partial charge in [-0.25, -0.2) is 28.2 Å². The van der Waals surface area contributed by atoms with Crippen LogP contribution >= 0.6 is 0 Å². The number of aromatic nitrogens is 6. The molecule has 4 aromatic rings. The van der Waals surface area contributed by atoms with E-state index >= 15 is 0 Å². The third kappa shape index (κ3) is 3.88. The third-order valence-corrected chi connectivity index (χ3v) is 7.37. The van der Waals surface area contributed by atoms with Gasteiger partial charge in [0.05, 0.1) is 23.8 Å². The van der Waals surface area contributed by atoms with E-state index in [0.717, 1.165) is 42.6 Å². The smallest absolute Gasteiger partial charge is 0.256 e. The number of carbonyl (C=O) groups excluding carboxylic acids is 1. The number of anilines is 1. The molecule has 1 saturated carbocycles. The predicted molar refractivity (Wildman–Crippen MR) is 126 cm³/mol. The van der Waals surface area contributed by atoms with Crippen LogP contribution in [-0.2, 0) is 11.3 Å². The molecule has 1 amide bonds. The number of fused-ring (bicyclic) bond motifs is 3. The molecule has 2 aliphatic rings. The summed E-state index contributed by atoms with van der Waals surface area (Å²) in [6, 6.07) is 4.05. The Morgan fingerprint density at radius 2 is 1.94 bits per heavy atom. The van der Waals surface area contributed by atoms with Crippen molar-refractivity contribution in [3.8, 4) is 11.1 Å². The van der Waals surface area contributed by atoms with Gasteiger partial charge in [0.25, 0.3) is 6.43 Å². The topological polar surface area (TPSA) is 93.2 Å². The molecule has 3 atom stereocenters. The molecule has 4 aromatic heterocycles. The van der Waals surface area contributed by atoms with Crippen molar-refractivity contribution in [3.05, 3.63) is 36.5 Å². The van der Waals surface area contributed by atoms with Crippen LogP contribution in [0.15, 0.2) is 30.7 Å². The minimum atomic E-state index is -2.48. The van der Waals surface area contributed by atoms with E-state index in [4.69, 9.17) is 0 Å². The minimum absolute atomic E-state index is 0.157. The lowest BCUT2D eigenvalue weighted by molar-refractivity contribution is -0.128. The van der Waals surface area contributed by atoms with Crippen LogP contribution < -0.4 is 5.32 Å². The number of alkyl halides is 2. The molecule has 11 heteroatoms. The van der Waals surface area contributed by atoms with Gasteiger partial charge in [0.1, 0.15) is 5.82 Å². The number of nitrogens with one attached hydrogen (secondary N) is 1. The van der Waals surface area contributed by atoms with Crippen molar-refractivity contribution in [2.75, 3.05) is 18.4 Å². The highest BCUT2D eigenvalue weighted by molar-refractivity contribution is 5.85. The lowest BCUT2D eigenvalue weighted by Gasteiger charge is -2.18. The van der Waals surface area contributed by atoms with Crippen LogP contribution in [0.3, 0.4) is 0 Å². The first-order valence-corrected chi connectivity index (χ1v) is 11.8. The molecule has 5 heterocycles. The van der Waals surface area contributed by atoms with Gasteiger partial charge in [-0.3, -0.25) is 4.79 Å². The summed E-state index contributed by atoms with van der Waals surface area (Å²) in [5.74, 6) is 2.29. The normalized spacial score (nSPS) is 22.0. The molecule has 1 unspecified atom stereocenters. The second kappa shape index (κ2) is 8.24. The molecule has 0 aromatic carbocycles. The van der Waals surface area contributed by atoms with E-state index in [2.05, 4.69) is 25.4 Å². The first-order chi connectivity index (χ1) is 16.9. The van der Waals surface area contributed by atoms with Gasteiger partial charge in [0, 0.05) is 49.6 Å². The lowest BCUT2D eigenvalue weighted by atomic mass is 10.0. The molecule has 6 rings (SSSR count). The quantitative estimate of drug-likeness (QED) is 0.471. The Labute approximate surface area is 200 Å². The van der Waals surface area contributed by atoms with Crippen LogP contribution in [0.5, 0.6) is 0 Å². The SMILES string of the molecule is CC(=O)N1C[C@H]2CC(Nc3ncc4c(-c5cnc6nc(C)n(CC(F)F)c6c5)ccn4n3)C[C@H]2C1. The number of pyridine rings is 1. The zero-order valence-electron chi connectivity index (χ0n) is 19.5. The fourth-order valence-electron chi connectivity index (χ4n) is 5.70. The van der Waals surface area contributed by atoms with E-state index in [1.54, 1.807) is 30.8 Å². The van der Waals surface area contributed by atoms with Gasteiger partial charge in [0.15, 0.2) is 5.65 Å². The summed E-state index contributed by atoms with van der Waals surface area (Å²) in [5, 5.41) is 8.10. The molecule has 9 nitrogen and oxygen atoms in total. The second-order valence-electron chi connectivity index (χ2n) is 9.63. The lowest BCUT2D eigenvalue weighted by Crippen LogP contribution is -2.29. The van der Waals surface area contributed by atoms with E-state index in [1.807, 2.05) is 23.2 Å². The van der Waals surface area contributed by atoms with Gasteiger partial charge in [-0.05, 0) is 43.7 Å². The highest BCUT2D eigenvalue weighted by Gasteiger charge is 2.41. The number of carbonyl (C=O) groups is 1. The molecule has 1 aliphatic heterocycles. The Morgan fingerprint density at radius 3 is 2.66 bits per heavy atom. The summed E-state index contributed by atoms with van der Waals surface area (Å²) in [5.41, 5.74) is 3.49. The van der Waals surface area contributed by atoms with E-state index < -0.39 is 13.0 Å². The van der Waals surface area contributed by atoms with Crippen molar-refractivity contribution in [1.82, 2.24) is 34.0 Å². The number of likely N-dealkylation sites (tertiary alicyclic amines) is 1. The monoisotopic (exact) mass is 480 g/mol. The molecule has 35 heavy (non-hydrogen) atoms. The predicted octanol–water partition coefficient (Wildman–Crippen LogP) is 3.38. The van der Waals surface area contributed by atoms with Gasteiger partial charge in [-0.2, -0.15) is 0 Å². The maximum absolute atomic E-state index is 13.1. The summed E-state index contributed by atoms with van der Waals surface area (Å²) in [4.78, 5) is 26.8. The van der Waals surface area contributed by atoms with E-state index in [1.165, 1.54) is 4.57 Å². The first kappa shape index (κ1) is 21.9. The highest BCUT2D eigenvalue weighted by atomic mass is 19.3. The van der Waals surface area contributed by atoms with E-state index in [-0.39, 0.29) is 11.9 Å². The molecule has 0 spiro atoms. The van der Waals surface area contributed by atoms with Gasteiger partial charge in [0.2, 0.25) is 11.9 Å². The van der Waals surface area contributed by atoms with Crippen LogP contribution in [0.2, 0.25) is 0 Å². The van der Waals surface area contributed by atoms with Gasteiger partial charge in [-0.15, -0.1) is 5.10 Å². The fraction of sp³-hybridized carbons (Fsp3) is 0.458. The number of hydrogen-bond acceptors (Lipinski definition) is 6. The summed E-state index contributed by atoms with van der Waals surface area (Å²) in [6.45, 7) is 4.60. The number of hydrogen-bond donors (Lipinski definition) is 1. The molecule has 182 valence electrons. The number of rotatable bonds is 5. The van der Waals surface area contributed by atoms with Crippen molar-refractivity contribution in [2.24, 2.45) is 11.8 Å². The van der Waals surface area contributed by atoms with Gasteiger partial charge in [-0.1, -0.05) is 0 Å². The molecule has 1 aliphatic carbocycles. The molecule has 2 fully saturated rings. The molecule has 1 N–H and O–H groups in total. The fourth-order valence-corrected chi connectivity index (χ4v) is 5.70. The number of aryl methyl sites for hydroxylation is 1. The zero-order chi connectivity index (χ0) is 24.3. The minimum Gasteiger partial charge on any atom is -0.350 e. The Bertz CT molecular complexity index is 1420. The number of halogens is 2. The van der Waals surface area contributed by atoms with Crippen molar-refractivity contribution >= 4 is 28.5 Å². The largest absolute Gasteiger partial charge is 0.350 e. The second-order valence-corrected chi connectivity index (χ2v) is 9.63. The van der Waals surface area contributed by atoms with Crippen molar-refractivity contribution < 1.29 is 13.6 Å². The van der Waals surface area contributed by atoms with Crippen molar-refractivity contribution in [2.45, 2.75) is 45.7 Å². The van der Waals surface area contributed by atoms with E-state index in [0.29, 0.717) is 34.8 Å². The van der Waals surface area contributed by atoms with Crippen LogP contribution in [-0.4, -0.2) is 65.5 Å². The number of imidazole rings is 1. The maximum atomic E-state index is 13.1. The maximum Gasteiger partial charge on any atom is 0.256 e.